The molecule has 0 saturated heterocycles. The number of amidine groups is 1. The molecule has 4 aromatic rings. The Kier molecular flexibility index (Phi) is 5.52. The minimum absolute atomic E-state index is 0.228. The quantitative estimate of drug-likeness (QED) is 0.371. The van der Waals surface area contributed by atoms with Crippen LogP contribution < -0.4 is 9.91 Å². The minimum atomic E-state index is -0.473. The zero-order chi connectivity index (χ0) is 22.9. The van der Waals surface area contributed by atoms with Crippen LogP contribution in [0.2, 0.25) is 5.02 Å². The van der Waals surface area contributed by atoms with Crippen LogP contribution in [0.1, 0.15) is 24.2 Å². The van der Waals surface area contributed by atoms with Crippen molar-refractivity contribution in [2.24, 2.45) is 5.10 Å². The molecule has 5 rings (SSSR count). The van der Waals surface area contributed by atoms with Gasteiger partial charge in [-0.2, -0.15) is 0 Å². The van der Waals surface area contributed by atoms with Crippen LogP contribution in [-0.4, -0.2) is 23.4 Å². The number of H-pyrrole nitrogens is 1. The molecule has 1 aliphatic heterocycles. The predicted octanol–water partition coefficient (Wildman–Crippen LogP) is 6.03. The number of hydrazone groups is 1. The Morgan fingerprint density at radius 2 is 1.73 bits per heavy atom. The number of aryl methyl sites for hydroxylation is 1. The molecular weight excluding hydrogens is 436 g/mol. The number of carbonyl (C=O) groups excluding carboxylic acids is 1. The van der Waals surface area contributed by atoms with Gasteiger partial charge in [0.25, 0.3) is 0 Å². The summed E-state index contributed by atoms with van der Waals surface area (Å²) in [5, 5.41) is 8.31. The topological polar surface area (TPSA) is 60.9 Å². The van der Waals surface area contributed by atoms with Crippen molar-refractivity contribution < 1.29 is 9.53 Å². The molecule has 0 spiro atoms. The number of para-hydroxylation sites is 1. The molecule has 3 aromatic carbocycles. The number of anilines is 2. The molecule has 0 fully saturated rings. The third kappa shape index (κ3) is 3.83. The van der Waals surface area contributed by atoms with E-state index in [1.165, 1.54) is 0 Å². The standard InChI is InChI=1S/C26H23ClN4O2/c1-3-33-26(32)24-29-31(20-14-10-18(27)11-15-20)25(30(24)19-12-8-17(2)9-13-19)22-16-28-23-7-5-4-6-21(22)23/h4-16,25,28H,3H2,1-2H3/t25-/m0/s1. The van der Waals surface area contributed by atoms with Gasteiger partial charge in [0.1, 0.15) is 0 Å². The van der Waals surface area contributed by atoms with Gasteiger partial charge >= 0.3 is 5.97 Å². The summed E-state index contributed by atoms with van der Waals surface area (Å²) in [7, 11) is 0. The van der Waals surface area contributed by atoms with Crippen LogP contribution in [0.4, 0.5) is 11.4 Å². The molecule has 0 saturated carbocycles. The molecule has 0 amide bonds. The van der Waals surface area contributed by atoms with Crippen molar-refractivity contribution in [3.05, 3.63) is 95.1 Å². The van der Waals surface area contributed by atoms with E-state index in [0.29, 0.717) is 5.02 Å². The summed E-state index contributed by atoms with van der Waals surface area (Å²) in [6.45, 7) is 4.08. The van der Waals surface area contributed by atoms with Crippen molar-refractivity contribution in [1.29, 1.82) is 0 Å². The number of hydrogen-bond acceptors (Lipinski definition) is 5. The van der Waals surface area contributed by atoms with Gasteiger partial charge in [-0.05, 0) is 56.3 Å². The molecule has 7 heteroatoms. The molecule has 0 aliphatic carbocycles. The van der Waals surface area contributed by atoms with E-state index in [2.05, 4.69) is 11.1 Å². The number of nitrogens with zero attached hydrogens (tertiary/aromatic N) is 3. The maximum Gasteiger partial charge on any atom is 0.376 e. The van der Waals surface area contributed by atoms with Crippen LogP contribution >= 0.6 is 11.6 Å². The first kappa shape index (κ1) is 21.1. The van der Waals surface area contributed by atoms with E-state index in [1.54, 1.807) is 6.92 Å². The van der Waals surface area contributed by atoms with Crippen molar-refractivity contribution in [3.8, 4) is 0 Å². The fourth-order valence-electron chi connectivity index (χ4n) is 4.10. The van der Waals surface area contributed by atoms with Crippen LogP contribution in [0.5, 0.6) is 0 Å². The lowest BCUT2D eigenvalue weighted by Crippen LogP contribution is -2.39. The number of benzene rings is 3. The van der Waals surface area contributed by atoms with Crippen LogP contribution in [0.3, 0.4) is 0 Å². The number of esters is 1. The molecule has 1 atom stereocenters. The second-order valence-corrected chi connectivity index (χ2v) is 8.27. The number of halogens is 1. The number of rotatable bonds is 5. The smallest absolute Gasteiger partial charge is 0.376 e. The zero-order valence-corrected chi connectivity index (χ0v) is 19.1. The molecule has 33 heavy (non-hydrogen) atoms. The zero-order valence-electron chi connectivity index (χ0n) is 18.3. The highest BCUT2D eigenvalue weighted by atomic mass is 35.5. The first-order valence-electron chi connectivity index (χ1n) is 10.8. The highest BCUT2D eigenvalue weighted by Crippen LogP contribution is 2.41. The number of aromatic amines is 1. The largest absolute Gasteiger partial charge is 0.460 e. The van der Waals surface area contributed by atoms with Gasteiger partial charge in [0, 0.05) is 33.4 Å². The Morgan fingerprint density at radius 1 is 1.03 bits per heavy atom. The minimum Gasteiger partial charge on any atom is -0.460 e. The van der Waals surface area contributed by atoms with Crippen molar-refractivity contribution in [2.45, 2.75) is 20.0 Å². The highest BCUT2D eigenvalue weighted by molar-refractivity contribution is 6.42. The van der Waals surface area contributed by atoms with Crippen molar-refractivity contribution in [1.82, 2.24) is 4.98 Å². The lowest BCUT2D eigenvalue weighted by Gasteiger charge is -2.31. The van der Waals surface area contributed by atoms with Gasteiger partial charge in [-0.1, -0.05) is 47.5 Å². The van der Waals surface area contributed by atoms with E-state index in [4.69, 9.17) is 21.4 Å². The number of fused-ring (bicyclic) bond motifs is 1. The van der Waals surface area contributed by atoms with Gasteiger partial charge in [0.2, 0.25) is 5.84 Å². The molecule has 1 aliphatic rings. The maximum atomic E-state index is 13.1. The number of nitrogens with one attached hydrogen (secondary N) is 1. The Bertz CT molecular complexity index is 1330. The SMILES string of the molecule is CCOC(=O)C1=NN(c2ccc(Cl)cc2)[C@@H](c2c[nH]c3ccccc23)N1c1ccc(C)cc1. The van der Waals surface area contributed by atoms with E-state index >= 15 is 0 Å². The molecule has 6 nitrogen and oxygen atoms in total. The van der Waals surface area contributed by atoms with Gasteiger partial charge in [-0.25, -0.2) is 9.80 Å². The Morgan fingerprint density at radius 3 is 2.45 bits per heavy atom. The van der Waals surface area contributed by atoms with E-state index in [9.17, 15) is 4.79 Å². The molecule has 2 heterocycles. The molecule has 1 N–H and O–H groups in total. The monoisotopic (exact) mass is 458 g/mol. The third-order valence-corrected chi connectivity index (χ3v) is 5.92. The average molecular weight is 459 g/mol. The summed E-state index contributed by atoms with van der Waals surface area (Å²) in [5.41, 5.74) is 4.79. The second kappa shape index (κ2) is 8.64. The van der Waals surface area contributed by atoms with E-state index in [0.717, 1.165) is 33.4 Å². The summed E-state index contributed by atoms with van der Waals surface area (Å²) in [4.78, 5) is 18.3. The predicted molar refractivity (Wildman–Crippen MR) is 133 cm³/mol. The first-order chi connectivity index (χ1) is 16.1. The fraction of sp³-hybridized carbons (Fsp3) is 0.154. The van der Waals surface area contributed by atoms with Crippen molar-refractivity contribution in [3.63, 3.8) is 0 Å². The second-order valence-electron chi connectivity index (χ2n) is 7.83. The van der Waals surface area contributed by atoms with Gasteiger partial charge in [-0.3, -0.25) is 4.90 Å². The number of hydrogen-bond donors (Lipinski definition) is 1. The maximum absolute atomic E-state index is 13.1. The third-order valence-electron chi connectivity index (χ3n) is 5.67. The van der Waals surface area contributed by atoms with Crippen LogP contribution in [0.25, 0.3) is 10.9 Å². The van der Waals surface area contributed by atoms with Gasteiger partial charge in [0.05, 0.1) is 12.3 Å². The number of carbonyl (C=O) groups is 1. The van der Waals surface area contributed by atoms with E-state index in [1.807, 2.05) is 89.8 Å². The summed E-state index contributed by atoms with van der Waals surface area (Å²) in [6, 6.07) is 23.6. The molecule has 0 unspecified atom stereocenters. The van der Waals surface area contributed by atoms with Crippen LogP contribution in [-0.2, 0) is 9.53 Å². The Hall–Kier alpha value is -3.77. The van der Waals surface area contributed by atoms with Gasteiger partial charge in [0.15, 0.2) is 6.17 Å². The Labute approximate surface area is 197 Å². The first-order valence-corrected chi connectivity index (χ1v) is 11.2. The highest BCUT2D eigenvalue weighted by Gasteiger charge is 2.42. The molecule has 0 bridgehead atoms. The molecule has 166 valence electrons. The number of ether oxygens (including phenoxy) is 1. The van der Waals surface area contributed by atoms with Crippen LogP contribution in [0, 0.1) is 6.92 Å². The lowest BCUT2D eigenvalue weighted by atomic mass is 10.1. The van der Waals surface area contributed by atoms with E-state index in [-0.39, 0.29) is 12.4 Å². The summed E-state index contributed by atoms with van der Waals surface area (Å²) in [5.74, 6) is -0.245. The normalized spacial score (nSPS) is 15.7. The molecule has 1 aromatic heterocycles. The fourth-order valence-corrected chi connectivity index (χ4v) is 4.23. The van der Waals surface area contributed by atoms with Crippen molar-refractivity contribution in [2.75, 3.05) is 16.5 Å². The van der Waals surface area contributed by atoms with Crippen molar-refractivity contribution >= 4 is 45.7 Å². The van der Waals surface area contributed by atoms with Gasteiger partial charge < -0.3 is 9.72 Å². The van der Waals surface area contributed by atoms with Crippen LogP contribution in [0.15, 0.2) is 84.1 Å². The summed E-state index contributed by atoms with van der Waals surface area (Å²) >= 11 is 6.15. The lowest BCUT2D eigenvalue weighted by molar-refractivity contribution is -0.135. The van der Waals surface area contributed by atoms with E-state index < -0.39 is 12.1 Å². The summed E-state index contributed by atoms with van der Waals surface area (Å²) < 4.78 is 5.39. The van der Waals surface area contributed by atoms with Gasteiger partial charge in [-0.15, -0.1) is 5.10 Å². The number of aromatic nitrogens is 1. The Balaban J connectivity index is 1.73. The average Bonchev–Trinajstić information content (AvgIpc) is 3.42. The summed E-state index contributed by atoms with van der Waals surface area (Å²) in [6.07, 6.45) is 1.56. The molecular formula is C26H23ClN4O2. The molecule has 0 radical (unpaired) electrons.